The summed E-state index contributed by atoms with van der Waals surface area (Å²) < 4.78 is 86.7. The van der Waals surface area contributed by atoms with Gasteiger partial charge in [-0.2, -0.15) is 35.8 Å². The fourth-order valence-electron chi connectivity index (χ4n) is 1.27. The van der Waals surface area contributed by atoms with Gasteiger partial charge in [0.1, 0.15) is 0 Å². The average Bonchev–Trinajstić information content (AvgIpc) is 2.46. The highest BCUT2D eigenvalue weighted by Gasteiger charge is 2.76. The third-order valence-electron chi connectivity index (χ3n) is 2.57. The molecule has 24 heavy (non-hydrogen) atoms. The Bertz CT molecular complexity index is 654. The molecule has 5 nitrogen and oxygen atoms in total. The van der Waals surface area contributed by atoms with Crippen LogP contribution in [0.25, 0.3) is 0 Å². The third-order valence-corrected chi connectivity index (χ3v) is 2.57. The lowest BCUT2D eigenvalue weighted by atomic mass is 10.1. The number of aromatic carboxylic acids is 1. The fourth-order valence-corrected chi connectivity index (χ4v) is 1.27. The van der Waals surface area contributed by atoms with Gasteiger partial charge >= 0.3 is 29.9 Å². The summed E-state index contributed by atoms with van der Waals surface area (Å²) in [5.74, 6) is -16.9. The van der Waals surface area contributed by atoms with Crippen LogP contribution in [0.2, 0.25) is 0 Å². The summed E-state index contributed by atoms with van der Waals surface area (Å²) in [4.78, 5) is 21.4. The SMILES string of the molecule is O=C(O)c1ccc(/C=N\NC(=O)C(F)(F)C(F)(F)C(F)(F)F)cc1. The lowest BCUT2D eigenvalue weighted by molar-refractivity contribution is -0.344. The Balaban J connectivity index is 2.82. The Labute approximate surface area is 128 Å². The van der Waals surface area contributed by atoms with Crippen LogP contribution >= 0.6 is 0 Å². The van der Waals surface area contributed by atoms with E-state index in [2.05, 4.69) is 5.10 Å². The van der Waals surface area contributed by atoms with Gasteiger partial charge in [-0.25, -0.2) is 10.2 Å². The van der Waals surface area contributed by atoms with E-state index in [9.17, 15) is 40.3 Å². The van der Waals surface area contributed by atoms with Gasteiger partial charge in [-0.3, -0.25) is 4.79 Å². The zero-order valence-corrected chi connectivity index (χ0v) is 11.2. The van der Waals surface area contributed by atoms with Crippen molar-refractivity contribution in [2.45, 2.75) is 18.0 Å². The maximum absolute atomic E-state index is 12.9. The predicted molar refractivity (Wildman–Crippen MR) is 65.1 cm³/mol. The molecule has 132 valence electrons. The molecule has 0 bridgehead atoms. The zero-order valence-electron chi connectivity index (χ0n) is 11.2. The van der Waals surface area contributed by atoms with Crippen LogP contribution in [0.4, 0.5) is 30.7 Å². The number of carbonyl (C=O) groups is 2. The smallest absolute Gasteiger partial charge is 0.460 e. The highest BCUT2D eigenvalue weighted by Crippen LogP contribution is 2.46. The first kappa shape index (κ1) is 19.4. The van der Waals surface area contributed by atoms with E-state index in [-0.39, 0.29) is 11.1 Å². The van der Waals surface area contributed by atoms with Crippen molar-refractivity contribution in [3.63, 3.8) is 0 Å². The van der Waals surface area contributed by atoms with Gasteiger partial charge in [0.2, 0.25) is 0 Å². The maximum Gasteiger partial charge on any atom is 0.460 e. The topological polar surface area (TPSA) is 78.8 Å². The first-order valence-electron chi connectivity index (χ1n) is 5.80. The minimum atomic E-state index is -6.63. The minimum absolute atomic E-state index is 0.0613. The van der Waals surface area contributed by atoms with Crippen LogP contribution in [0.5, 0.6) is 0 Å². The van der Waals surface area contributed by atoms with E-state index in [1.54, 1.807) is 0 Å². The number of halogens is 7. The molecular formula is C12H7F7N2O3. The highest BCUT2D eigenvalue weighted by atomic mass is 19.4. The molecule has 0 atom stereocenters. The van der Waals surface area contributed by atoms with E-state index in [1.165, 1.54) is 0 Å². The maximum atomic E-state index is 12.9. The van der Waals surface area contributed by atoms with E-state index in [4.69, 9.17) is 5.11 Å². The molecule has 0 saturated heterocycles. The minimum Gasteiger partial charge on any atom is -0.478 e. The fraction of sp³-hybridized carbons (Fsp3) is 0.250. The molecule has 12 heteroatoms. The standard InChI is InChI=1S/C12H7F7N2O3/c13-10(14,11(15,16)12(17,18)19)9(24)21-20-5-6-1-3-7(4-2-6)8(22)23/h1-5H,(H,21,24)(H,22,23)/b20-5-. The Morgan fingerprint density at radius 2 is 1.50 bits per heavy atom. The molecule has 0 unspecified atom stereocenters. The first-order chi connectivity index (χ1) is 10.8. The predicted octanol–water partition coefficient (Wildman–Crippen LogP) is 2.67. The molecule has 0 radical (unpaired) electrons. The number of benzene rings is 1. The molecule has 0 aliphatic heterocycles. The van der Waals surface area contributed by atoms with Crippen molar-refractivity contribution in [3.05, 3.63) is 35.4 Å². The Kier molecular flexibility index (Phi) is 5.21. The van der Waals surface area contributed by atoms with Gasteiger partial charge in [0.05, 0.1) is 11.8 Å². The summed E-state index contributed by atoms with van der Waals surface area (Å²) in [6.07, 6.45) is -5.99. The Hall–Kier alpha value is -2.66. The van der Waals surface area contributed by atoms with Crippen molar-refractivity contribution in [1.82, 2.24) is 5.43 Å². The average molecular weight is 360 g/mol. The molecule has 2 N–H and O–H groups in total. The van der Waals surface area contributed by atoms with Crippen LogP contribution in [-0.4, -0.2) is 41.2 Å². The van der Waals surface area contributed by atoms with Crippen molar-refractivity contribution < 1.29 is 45.4 Å². The van der Waals surface area contributed by atoms with Gasteiger partial charge in [-0.1, -0.05) is 12.1 Å². The van der Waals surface area contributed by atoms with Crippen LogP contribution in [0, 0.1) is 0 Å². The van der Waals surface area contributed by atoms with Crippen LogP contribution in [0.3, 0.4) is 0 Å². The van der Waals surface area contributed by atoms with Crippen LogP contribution in [0.15, 0.2) is 29.4 Å². The third kappa shape index (κ3) is 3.81. The van der Waals surface area contributed by atoms with Gasteiger partial charge in [-0.05, 0) is 17.7 Å². The molecule has 1 rings (SSSR count). The molecule has 0 aliphatic rings. The number of carbonyl (C=O) groups excluding carboxylic acids is 1. The number of nitrogens with zero attached hydrogens (tertiary/aromatic N) is 1. The number of hydrogen-bond acceptors (Lipinski definition) is 3. The van der Waals surface area contributed by atoms with Crippen molar-refractivity contribution in [3.8, 4) is 0 Å². The van der Waals surface area contributed by atoms with Crippen molar-refractivity contribution in [1.29, 1.82) is 0 Å². The summed E-state index contributed by atoms with van der Waals surface area (Å²) in [7, 11) is 0. The number of amides is 1. The molecule has 0 aromatic heterocycles. The van der Waals surface area contributed by atoms with Gasteiger partial charge in [0.25, 0.3) is 0 Å². The second-order valence-electron chi connectivity index (χ2n) is 4.27. The molecule has 1 aromatic rings. The van der Waals surface area contributed by atoms with E-state index >= 15 is 0 Å². The number of carboxylic acid groups (broad SMARTS) is 1. The number of carboxylic acids is 1. The van der Waals surface area contributed by atoms with E-state index in [0.717, 1.165) is 29.7 Å². The molecule has 0 saturated carbocycles. The van der Waals surface area contributed by atoms with Gasteiger partial charge in [-0.15, -0.1) is 0 Å². The van der Waals surface area contributed by atoms with Gasteiger partial charge in [0.15, 0.2) is 0 Å². The van der Waals surface area contributed by atoms with Crippen LogP contribution in [0.1, 0.15) is 15.9 Å². The van der Waals surface area contributed by atoms with Crippen LogP contribution in [-0.2, 0) is 4.79 Å². The van der Waals surface area contributed by atoms with Crippen molar-refractivity contribution in [2.75, 3.05) is 0 Å². The lowest BCUT2D eigenvalue weighted by Gasteiger charge is -2.26. The second kappa shape index (κ2) is 6.45. The van der Waals surface area contributed by atoms with Crippen molar-refractivity contribution >= 4 is 18.1 Å². The highest BCUT2D eigenvalue weighted by molar-refractivity contribution is 5.90. The molecule has 0 spiro atoms. The van der Waals surface area contributed by atoms with Gasteiger partial charge < -0.3 is 5.11 Å². The number of hydrazone groups is 1. The summed E-state index contributed by atoms with van der Waals surface area (Å²) in [5, 5.41) is 11.4. The number of alkyl halides is 7. The van der Waals surface area contributed by atoms with E-state index < -0.39 is 29.9 Å². The molecule has 0 aliphatic carbocycles. The molecule has 1 aromatic carbocycles. The summed E-state index contributed by atoms with van der Waals surface area (Å²) >= 11 is 0. The van der Waals surface area contributed by atoms with Crippen LogP contribution < -0.4 is 5.43 Å². The molecule has 0 fully saturated rings. The molecule has 0 heterocycles. The van der Waals surface area contributed by atoms with Gasteiger partial charge in [0, 0.05) is 0 Å². The monoisotopic (exact) mass is 360 g/mol. The zero-order chi connectivity index (χ0) is 18.8. The first-order valence-corrected chi connectivity index (χ1v) is 5.80. The number of rotatable bonds is 5. The van der Waals surface area contributed by atoms with Crippen molar-refractivity contribution in [2.24, 2.45) is 5.10 Å². The molecule has 1 amide bonds. The summed E-state index contributed by atoms with van der Waals surface area (Å²) in [5.41, 5.74) is 0.801. The van der Waals surface area contributed by atoms with E-state index in [0.29, 0.717) is 6.21 Å². The summed E-state index contributed by atoms with van der Waals surface area (Å²) in [6, 6.07) is 4.42. The quantitative estimate of drug-likeness (QED) is 0.481. The largest absolute Gasteiger partial charge is 0.478 e. The normalized spacial score (nSPS) is 13.1. The number of nitrogens with one attached hydrogen (secondary N) is 1. The number of hydrogen-bond donors (Lipinski definition) is 2. The lowest BCUT2D eigenvalue weighted by Crippen LogP contribution is -2.58. The second-order valence-corrected chi connectivity index (χ2v) is 4.27. The van der Waals surface area contributed by atoms with E-state index in [1.807, 2.05) is 0 Å². The summed E-state index contributed by atoms with van der Waals surface area (Å²) in [6.45, 7) is 0. The Morgan fingerprint density at radius 3 is 1.92 bits per heavy atom. The Morgan fingerprint density at radius 1 is 1.00 bits per heavy atom. The molecular weight excluding hydrogens is 353 g/mol.